The van der Waals surface area contributed by atoms with Crippen molar-refractivity contribution < 1.29 is 29.2 Å². The number of benzene rings is 3. The Morgan fingerprint density at radius 1 is 0.606 bits per heavy atom. The molecule has 0 bridgehead atoms. The van der Waals surface area contributed by atoms with Crippen molar-refractivity contribution in [1.29, 1.82) is 0 Å². The first-order valence-electron chi connectivity index (χ1n) is 11.1. The molecule has 1 fully saturated rings. The SMILES string of the molecule is OC1OC(COCc2ccccc2)C(OCc2ccccc2)C(O)C1OCc1ccccc1. The molecule has 0 aliphatic carbocycles. The van der Waals surface area contributed by atoms with Crippen molar-refractivity contribution in [3.8, 4) is 0 Å². The maximum absolute atomic E-state index is 11.1. The van der Waals surface area contributed by atoms with Gasteiger partial charge in [-0.3, -0.25) is 0 Å². The Balaban J connectivity index is 1.41. The summed E-state index contributed by atoms with van der Waals surface area (Å²) in [5.74, 6) is 0. The lowest BCUT2D eigenvalue weighted by Crippen LogP contribution is -2.60. The van der Waals surface area contributed by atoms with E-state index < -0.39 is 30.7 Å². The van der Waals surface area contributed by atoms with Gasteiger partial charge in [-0.25, -0.2) is 0 Å². The van der Waals surface area contributed by atoms with E-state index in [2.05, 4.69) is 0 Å². The molecule has 6 nitrogen and oxygen atoms in total. The van der Waals surface area contributed by atoms with Crippen molar-refractivity contribution in [2.24, 2.45) is 0 Å². The summed E-state index contributed by atoms with van der Waals surface area (Å²) in [7, 11) is 0. The summed E-state index contributed by atoms with van der Waals surface area (Å²) in [6, 6.07) is 29.1. The first-order valence-corrected chi connectivity index (χ1v) is 11.1. The minimum absolute atomic E-state index is 0.161. The minimum atomic E-state index is -1.30. The highest BCUT2D eigenvalue weighted by molar-refractivity contribution is 5.15. The molecular weight excluding hydrogens is 420 g/mol. The van der Waals surface area contributed by atoms with Gasteiger partial charge in [0.25, 0.3) is 0 Å². The topological polar surface area (TPSA) is 77.4 Å². The predicted octanol–water partition coefficient (Wildman–Crippen LogP) is 3.45. The van der Waals surface area contributed by atoms with E-state index in [1.807, 2.05) is 91.0 Å². The molecule has 4 rings (SSSR count). The smallest absolute Gasteiger partial charge is 0.184 e. The second-order valence-electron chi connectivity index (χ2n) is 8.08. The molecule has 33 heavy (non-hydrogen) atoms. The Hall–Kier alpha value is -2.58. The van der Waals surface area contributed by atoms with E-state index in [1.54, 1.807) is 0 Å². The van der Waals surface area contributed by atoms with Gasteiger partial charge < -0.3 is 29.2 Å². The lowest BCUT2D eigenvalue weighted by atomic mass is 9.98. The summed E-state index contributed by atoms with van der Waals surface area (Å²) in [6.07, 6.45) is -4.72. The van der Waals surface area contributed by atoms with Crippen LogP contribution in [-0.4, -0.2) is 47.5 Å². The largest absolute Gasteiger partial charge is 0.387 e. The van der Waals surface area contributed by atoms with Crippen LogP contribution in [0.4, 0.5) is 0 Å². The predicted molar refractivity (Wildman–Crippen MR) is 123 cm³/mol. The summed E-state index contributed by atoms with van der Waals surface area (Å²) in [4.78, 5) is 0. The first-order chi connectivity index (χ1) is 16.2. The van der Waals surface area contributed by atoms with Gasteiger partial charge in [0.15, 0.2) is 6.29 Å². The van der Waals surface area contributed by atoms with Crippen molar-refractivity contribution in [3.63, 3.8) is 0 Å². The van der Waals surface area contributed by atoms with Crippen LogP contribution in [0.15, 0.2) is 91.0 Å². The third-order valence-corrected chi connectivity index (χ3v) is 5.60. The van der Waals surface area contributed by atoms with Crippen LogP contribution in [-0.2, 0) is 38.8 Å². The van der Waals surface area contributed by atoms with E-state index in [1.165, 1.54) is 0 Å². The third kappa shape index (κ3) is 6.71. The van der Waals surface area contributed by atoms with Crippen molar-refractivity contribution in [1.82, 2.24) is 0 Å². The molecule has 1 saturated heterocycles. The molecule has 3 aromatic carbocycles. The monoisotopic (exact) mass is 450 g/mol. The maximum atomic E-state index is 11.1. The molecule has 6 heteroatoms. The molecule has 0 aromatic heterocycles. The normalized spacial score (nSPS) is 25.1. The number of hydrogen-bond acceptors (Lipinski definition) is 6. The highest BCUT2D eigenvalue weighted by Crippen LogP contribution is 2.27. The lowest BCUT2D eigenvalue weighted by Gasteiger charge is -2.42. The van der Waals surface area contributed by atoms with Crippen molar-refractivity contribution in [3.05, 3.63) is 108 Å². The fourth-order valence-corrected chi connectivity index (χ4v) is 3.83. The van der Waals surface area contributed by atoms with Crippen molar-refractivity contribution >= 4 is 0 Å². The van der Waals surface area contributed by atoms with E-state index in [0.29, 0.717) is 13.2 Å². The van der Waals surface area contributed by atoms with Crippen LogP contribution in [0.3, 0.4) is 0 Å². The summed E-state index contributed by atoms with van der Waals surface area (Å²) in [5.41, 5.74) is 2.94. The van der Waals surface area contributed by atoms with Gasteiger partial charge in [0, 0.05) is 0 Å². The minimum Gasteiger partial charge on any atom is -0.387 e. The van der Waals surface area contributed by atoms with E-state index in [4.69, 9.17) is 18.9 Å². The second kappa shape index (κ2) is 12.0. The Labute approximate surface area is 194 Å². The van der Waals surface area contributed by atoms with Gasteiger partial charge >= 0.3 is 0 Å². The number of ether oxygens (including phenoxy) is 4. The molecule has 0 amide bonds. The first kappa shape index (κ1) is 23.6. The van der Waals surface area contributed by atoms with Gasteiger partial charge in [0.1, 0.15) is 24.4 Å². The van der Waals surface area contributed by atoms with Crippen LogP contribution in [0, 0.1) is 0 Å². The average molecular weight is 451 g/mol. The van der Waals surface area contributed by atoms with Gasteiger partial charge in [-0.05, 0) is 16.7 Å². The van der Waals surface area contributed by atoms with Gasteiger partial charge in [-0.1, -0.05) is 91.0 Å². The maximum Gasteiger partial charge on any atom is 0.184 e. The van der Waals surface area contributed by atoms with E-state index in [-0.39, 0.29) is 13.2 Å². The van der Waals surface area contributed by atoms with Crippen molar-refractivity contribution in [2.45, 2.75) is 50.5 Å². The van der Waals surface area contributed by atoms with Crippen LogP contribution < -0.4 is 0 Å². The summed E-state index contributed by atoms with van der Waals surface area (Å²) in [5, 5.41) is 21.7. The van der Waals surface area contributed by atoms with Crippen LogP contribution in [0.25, 0.3) is 0 Å². The number of hydrogen-bond donors (Lipinski definition) is 2. The average Bonchev–Trinajstić information content (AvgIpc) is 2.85. The molecule has 0 spiro atoms. The molecule has 2 N–H and O–H groups in total. The molecule has 174 valence electrons. The number of aliphatic hydroxyl groups is 2. The number of rotatable bonds is 10. The zero-order valence-corrected chi connectivity index (χ0v) is 18.4. The Kier molecular flexibility index (Phi) is 8.60. The van der Waals surface area contributed by atoms with E-state index in [0.717, 1.165) is 16.7 Å². The molecule has 0 radical (unpaired) electrons. The zero-order valence-electron chi connectivity index (χ0n) is 18.4. The van der Waals surface area contributed by atoms with E-state index in [9.17, 15) is 10.2 Å². The van der Waals surface area contributed by atoms with Crippen LogP contribution in [0.5, 0.6) is 0 Å². The van der Waals surface area contributed by atoms with Crippen LogP contribution in [0.2, 0.25) is 0 Å². The molecule has 5 atom stereocenters. The van der Waals surface area contributed by atoms with Gasteiger partial charge in [-0.15, -0.1) is 0 Å². The Morgan fingerprint density at radius 3 is 1.58 bits per heavy atom. The third-order valence-electron chi connectivity index (χ3n) is 5.60. The Bertz CT molecular complexity index is 935. The Morgan fingerprint density at radius 2 is 1.06 bits per heavy atom. The molecule has 0 saturated carbocycles. The molecule has 1 heterocycles. The highest BCUT2D eigenvalue weighted by Gasteiger charge is 2.46. The van der Waals surface area contributed by atoms with Gasteiger partial charge in [0.05, 0.1) is 26.4 Å². The molecule has 1 aliphatic heterocycles. The fourth-order valence-electron chi connectivity index (χ4n) is 3.83. The summed E-state index contributed by atoms with van der Waals surface area (Å²) in [6.45, 7) is 1.09. The number of aliphatic hydroxyl groups excluding tert-OH is 2. The van der Waals surface area contributed by atoms with Crippen molar-refractivity contribution in [2.75, 3.05) is 6.61 Å². The summed E-state index contributed by atoms with van der Waals surface area (Å²) >= 11 is 0. The molecule has 3 aromatic rings. The molecular formula is C27H30O6. The van der Waals surface area contributed by atoms with Crippen LogP contribution >= 0.6 is 0 Å². The highest BCUT2D eigenvalue weighted by atomic mass is 16.7. The lowest BCUT2D eigenvalue weighted by molar-refractivity contribution is -0.308. The van der Waals surface area contributed by atoms with Crippen LogP contribution in [0.1, 0.15) is 16.7 Å². The van der Waals surface area contributed by atoms with Gasteiger partial charge in [-0.2, -0.15) is 0 Å². The standard InChI is InChI=1S/C27H30O6/c28-24-25(31-17-21-12-6-2-7-13-21)23(19-30-16-20-10-4-1-5-11-20)33-27(29)26(24)32-18-22-14-8-3-9-15-22/h1-15,23-29H,16-19H2. The molecule has 5 unspecified atom stereocenters. The quantitative estimate of drug-likeness (QED) is 0.493. The second-order valence-corrected chi connectivity index (χ2v) is 8.08. The molecule has 1 aliphatic rings. The van der Waals surface area contributed by atoms with Gasteiger partial charge in [0.2, 0.25) is 0 Å². The zero-order chi connectivity index (χ0) is 22.9. The fraction of sp³-hybridized carbons (Fsp3) is 0.333. The van der Waals surface area contributed by atoms with E-state index >= 15 is 0 Å². The summed E-state index contributed by atoms with van der Waals surface area (Å²) < 4.78 is 23.6.